The summed E-state index contributed by atoms with van der Waals surface area (Å²) in [5, 5.41) is 2.84. The summed E-state index contributed by atoms with van der Waals surface area (Å²) in [5.74, 6) is -0.516. The molecule has 7 heteroatoms. The van der Waals surface area contributed by atoms with Gasteiger partial charge in [0.25, 0.3) is 0 Å². The monoisotopic (exact) mass is 364 g/mol. The lowest BCUT2D eigenvalue weighted by Crippen LogP contribution is -2.27. The Balaban J connectivity index is 1.99. The van der Waals surface area contributed by atoms with Crippen molar-refractivity contribution in [1.82, 2.24) is 5.32 Å². The summed E-state index contributed by atoms with van der Waals surface area (Å²) in [5.41, 5.74) is 1.86. The van der Waals surface area contributed by atoms with Crippen LogP contribution >= 0.6 is 0 Å². The van der Waals surface area contributed by atoms with Gasteiger partial charge >= 0.3 is 0 Å². The van der Waals surface area contributed by atoms with Crippen molar-refractivity contribution in [2.45, 2.75) is 25.8 Å². The molecule has 2 aromatic rings. The predicted molar refractivity (Wildman–Crippen MR) is 96.2 cm³/mol. The molecule has 0 aromatic heterocycles. The van der Waals surface area contributed by atoms with Crippen LogP contribution in [0.25, 0.3) is 0 Å². The molecule has 2 N–H and O–H groups in total. The Hall–Kier alpha value is -2.41. The zero-order valence-corrected chi connectivity index (χ0v) is 14.9. The topological polar surface area (TPSA) is 75.3 Å². The molecule has 5 nitrogen and oxygen atoms in total. The summed E-state index contributed by atoms with van der Waals surface area (Å²) >= 11 is 0. The van der Waals surface area contributed by atoms with E-state index in [1.807, 2.05) is 0 Å². The Morgan fingerprint density at radius 2 is 1.88 bits per heavy atom. The fraction of sp³-hybridized carbons (Fsp3) is 0.278. The van der Waals surface area contributed by atoms with Crippen molar-refractivity contribution in [3.05, 3.63) is 65.5 Å². The molecule has 0 saturated heterocycles. The minimum atomic E-state index is -3.41. The second-order valence-corrected chi connectivity index (χ2v) is 7.63. The van der Waals surface area contributed by atoms with E-state index in [4.69, 9.17) is 0 Å². The molecule has 0 bridgehead atoms. The summed E-state index contributed by atoms with van der Waals surface area (Å²) < 4.78 is 38.5. The van der Waals surface area contributed by atoms with Crippen LogP contribution in [0.4, 0.5) is 10.1 Å². The molecule has 1 unspecified atom stereocenters. The fourth-order valence-corrected chi connectivity index (χ4v) is 3.09. The molecule has 1 atom stereocenters. The van der Waals surface area contributed by atoms with E-state index in [1.165, 1.54) is 12.1 Å². The van der Waals surface area contributed by atoms with Crippen LogP contribution in [0.15, 0.2) is 48.5 Å². The number of aryl methyl sites for hydroxylation is 1. The van der Waals surface area contributed by atoms with Gasteiger partial charge in [-0.25, -0.2) is 12.8 Å². The molecule has 0 aliphatic carbocycles. The molecular weight excluding hydrogens is 343 g/mol. The summed E-state index contributed by atoms with van der Waals surface area (Å²) in [6, 6.07) is 12.7. The van der Waals surface area contributed by atoms with Crippen molar-refractivity contribution in [2.24, 2.45) is 0 Å². The van der Waals surface area contributed by atoms with Gasteiger partial charge in [0.1, 0.15) is 5.82 Å². The molecule has 0 radical (unpaired) electrons. The second-order valence-electron chi connectivity index (χ2n) is 5.88. The van der Waals surface area contributed by atoms with Crippen LogP contribution < -0.4 is 10.0 Å². The Morgan fingerprint density at radius 3 is 2.56 bits per heavy atom. The van der Waals surface area contributed by atoms with Gasteiger partial charge in [0, 0.05) is 6.42 Å². The number of carbonyl (C=O) groups excluding carboxylic acids is 1. The van der Waals surface area contributed by atoms with Gasteiger partial charge in [-0.3, -0.25) is 9.52 Å². The molecule has 0 fully saturated rings. The SMILES string of the molecule is CC(NC(=O)CCc1cccc(F)c1)c1ccccc1NS(C)(=O)=O. The number of carbonyl (C=O) groups is 1. The van der Waals surface area contributed by atoms with E-state index in [0.717, 1.165) is 11.8 Å². The van der Waals surface area contributed by atoms with Gasteiger partial charge in [-0.15, -0.1) is 0 Å². The third-order valence-electron chi connectivity index (χ3n) is 3.63. The third-order valence-corrected chi connectivity index (χ3v) is 4.22. The Bertz CT molecular complexity index is 853. The molecule has 1 amide bonds. The third kappa shape index (κ3) is 6.19. The minimum Gasteiger partial charge on any atom is -0.349 e. The highest BCUT2D eigenvalue weighted by molar-refractivity contribution is 7.92. The summed E-state index contributed by atoms with van der Waals surface area (Å²) in [6.07, 6.45) is 1.72. The van der Waals surface area contributed by atoms with Gasteiger partial charge in [0.2, 0.25) is 15.9 Å². The first-order valence-corrected chi connectivity index (χ1v) is 9.74. The van der Waals surface area contributed by atoms with E-state index in [1.54, 1.807) is 43.3 Å². The Labute approximate surface area is 147 Å². The van der Waals surface area contributed by atoms with Crippen molar-refractivity contribution in [3.63, 3.8) is 0 Å². The van der Waals surface area contributed by atoms with E-state index in [2.05, 4.69) is 10.0 Å². The van der Waals surface area contributed by atoms with Gasteiger partial charge in [0.05, 0.1) is 18.0 Å². The maximum atomic E-state index is 13.1. The maximum Gasteiger partial charge on any atom is 0.229 e. The van der Waals surface area contributed by atoms with Crippen LogP contribution in [-0.4, -0.2) is 20.6 Å². The van der Waals surface area contributed by atoms with Gasteiger partial charge in [0.15, 0.2) is 0 Å². The highest BCUT2D eigenvalue weighted by Crippen LogP contribution is 2.23. The van der Waals surface area contributed by atoms with Crippen LogP contribution in [0.2, 0.25) is 0 Å². The van der Waals surface area contributed by atoms with Crippen molar-refractivity contribution in [1.29, 1.82) is 0 Å². The van der Waals surface area contributed by atoms with Gasteiger partial charge < -0.3 is 5.32 Å². The Kier molecular flexibility index (Phi) is 6.14. The van der Waals surface area contributed by atoms with E-state index in [0.29, 0.717) is 17.7 Å². The number of rotatable bonds is 7. The molecule has 0 aliphatic heterocycles. The first kappa shape index (κ1) is 18.9. The average molecular weight is 364 g/mol. The lowest BCUT2D eigenvalue weighted by atomic mass is 10.1. The molecular formula is C18H21FN2O3S. The molecule has 2 aromatic carbocycles. The van der Waals surface area contributed by atoms with Crippen LogP contribution in [-0.2, 0) is 21.2 Å². The zero-order valence-electron chi connectivity index (χ0n) is 14.1. The quantitative estimate of drug-likeness (QED) is 0.793. The van der Waals surface area contributed by atoms with Gasteiger partial charge in [-0.1, -0.05) is 30.3 Å². The number of benzene rings is 2. The highest BCUT2D eigenvalue weighted by Gasteiger charge is 2.15. The van der Waals surface area contributed by atoms with E-state index in [9.17, 15) is 17.6 Å². The van der Waals surface area contributed by atoms with E-state index in [-0.39, 0.29) is 24.2 Å². The number of hydrogen-bond donors (Lipinski definition) is 2. The number of sulfonamides is 1. The first-order chi connectivity index (χ1) is 11.7. The number of hydrogen-bond acceptors (Lipinski definition) is 3. The molecule has 0 aliphatic rings. The van der Waals surface area contributed by atoms with Gasteiger partial charge in [-0.2, -0.15) is 0 Å². The van der Waals surface area contributed by atoms with Crippen molar-refractivity contribution >= 4 is 21.6 Å². The largest absolute Gasteiger partial charge is 0.349 e. The van der Waals surface area contributed by atoms with E-state index >= 15 is 0 Å². The van der Waals surface area contributed by atoms with Crippen molar-refractivity contribution < 1.29 is 17.6 Å². The molecule has 2 rings (SSSR count). The normalized spacial score (nSPS) is 12.4. The van der Waals surface area contributed by atoms with Crippen LogP contribution in [0.5, 0.6) is 0 Å². The van der Waals surface area contributed by atoms with Crippen molar-refractivity contribution in [3.8, 4) is 0 Å². The molecule has 0 heterocycles. The van der Waals surface area contributed by atoms with Crippen LogP contribution in [0.3, 0.4) is 0 Å². The van der Waals surface area contributed by atoms with Gasteiger partial charge in [-0.05, 0) is 42.7 Å². The molecule has 0 spiro atoms. The second kappa shape index (κ2) is 8.11. The number of nitrogens with one attached hydrogen (secondary N) is 2. The standard InChI is InChI=1S/C18H21FN2O3S/c1-13(16-8-3-4-9-17(16)21-25(2,23)24)20-18(22)11-10-14-6-5-7-15(19)12-14/h3-9,12-13,21H,10-11H2,1-2H3,(H,20,22). The summed E-state index contributed by atoms with van der Waals surface area (Å²) in [6.45, 7) is 1.78. The maximum absolute atomic E-state index is 13.1. The number of halogens is 1. The minimum absolute atomic E-state index is 0.189. The number of para-hydroxylation sites is 1. The molecule has 25 heavy (non-hydrogen) atoms. The number of amides is 1. The van der Waals surface area contributed by atoms with E-state index < -0.39 is 10.0 Å². The lowest BCUT2D eigenvalue weighted by Gasteiger charge is -2.18. The zero-order chi connectivity index (χ0) is 18.4. The molecule has 0 saturated carbocycles. The average Bonchev–Trinajstić information content (AvgIpc) is 2.52. The lowest BCUT2D eigenvalue weighted by molar-refractivity contribution is -0.121. The molecule has 134 valence electrons. The fourth-order valence-electron chi connectivity index (χ4n) is 2.51. The van der Waals surface area contributed by atoms with Crippen LogP contribution in [0, 0.1) is 5.82 Å². The van der Waals surface area contributed by atoms with Crippen molar-refractivity contribution in [2.75, 3.05) is 11.0 Å². The first-order valence-electron chi connectivity index (χ1n) is 7.85. The Morgan fingerprint density at radius 1 is 1.16 bits per heavy atom. The summed E-state index contributed by atoms with van der Waals surface area (Å²) in [7, 11) is -3.41. The predicted octanol–water partition coefficient (Wildman–Crippen LogP) is 3.01. The highest BCUT2D eigenvalue weighted by atomic mass is 32.2. The summed E-state index contributed by atoms with van der Waals surface area (Å²) in [4.78, 5) is 12.1. The number of anilines is 1. The smallest absolute Gasteiger partial charge is 0.229 e. The van der Waals surface area contributed by atoms with Crippen LogP contribution in [0.1, 0.15) is 30.5 Å².